The van der Waals surface area contributed by atoms with Crippen molar-refractivity contribution in [1.82, 2.24) is 15.0 Å². The van der Waals surface area contributed by atoms with Gasteiger partial charge in [-0.2, -0.15) is 4.98 Å². The molecule has 2 N–H and O–H groups in total. The van der Waals surface area contributed by atoms with Gasteiger partial charge in [-0.15, -0.1) is 0 Å². The lowest BCUT2D eigenvalue weighted by atomic mass is 10.6. The van der Waals surface area contributed by atoms with Crippen molar-refractivity contribution in [3.63, 3.8) is 0 Å². The third kappa shape index (κ3) is 0.786. The molecule has 0 fully saturated rings. The molecule has 4 nitrogen and oxygen atoms in total. The van der Waals surface area contributed by atoms with Crippen LogP contribution in [0.5, 0.6) is 0 Å². The first-order valence-electron chi connectivity index (χ1n) is 2.73. The molecule has 0 aromatic carbocycles. The maximum atomic E-state index is 4.04. The maximum Gasteiger partial charge on any atom is 0.295 e. The van der Waals surface area contributed by atoms with E-state index in [0.29, 0.717) is 10.4 Å². The molecule has 0 atom stereocenters. The van der Waals surface area contributed by atoms with E-state index in [2.05, 4.69) is 35.9 Å². The van der Waals surface area contributed by atoms with E-state index < -0.39 is 0 Å². The number of hydrogen-bond donors (Lipinski definition) is 1. The molecule has 50 valence electrons. The molecule has 0 spiro atoms. The molecule has 0 saturated heterocycles. The second kappa shape index (κ2) is 2.02. The zero-order chi connectivity index (χ0) is 6.97. The number of nitrogens with one attached hydrogen (secondary N) is 2. The van der Waals surface area contributed by atoms with Gasteiger partial charge in [-0.05, 0) is 20.9 Å². The Hall–Kier alpha value is -0.970. The van der Waals surface area contributed by atoms with Crippen molar-refractivity contribution < 1.29 is 4.98 Å². The quantitative estimate of drug-likeness (QED) is 0.630. The molecule has 0 amide bonds. The van der Waals surface area contributed by atoms with Crippen LogP contribution in [-0.4, -0.2) is 15.0 Å². The van der Waals surface area contributed by atoms with Crippen LogP contribution in [0.25, 0.3) is 11.2 Å². The zero-order valence-corrected chi connectivity index (χ0v) is 6.51. The van der Waals surface area contributed by atoms with Gasteiger partial charge in [0.1, 0.15) is 6.20 Å². The van der Waals surface area contributed by atoms with Gasteiger partial charge in [-0.3, -0.25) is 0 Å². The van der Waals surface area contributed by atoms with Crippen molar-refractivity contribution in [2.75, 3.05) is 0 Å². The summed E-state index contributed by atoms with van der Waals surface area (Å²) >= 11 is 3.20. The number of halogens is 1. The van der Waals surface area contributed by atoms with Gasteiger partial charge in [0.25, 0.3) is 12.0 Å². The molecule has 0 aliphatic carbocycles. The average molecular weight is 200 g/mol. The third-order valence-corrected chi connectivity index (χ3v) is 1.55. The number of hydrogen-bond acceptors (Lipinski definition) is 2. The van der Waals surface area contributed by atoms with E-state index in [1.807, 2.05) is 0 Å². The Morgan fingerprint density at radius 1 is 1.60 bits per heavy atom. The van der Waals surface area contributed by atoms with Crippen LogP contribution >= 0.6 is 15.9 Å². The maximum absolute atomic E-state index is 4.04. The van der Waals surface area contributed by atoms with Crippen molar-refractivity contribution in [2.45, 2.75) is 0 Å². The number of fused-ring (bicyclic) bond motifs is 1. The minimum absolute atomic E-state index is 0.703. The van der Waals surface area contributed by atoms with Gasteiger partial charge in [0, 0.05) is 0 Å². The lowest BCUT2D eigenvalue weighted by molar-refractivity contribution is -0.380. The minimum atomic E-state index is 0.703. The Morgan fingerprint density at radius 3 is 3.30 bits per heavy atom. The molecule has 0 aliphatic heterocycles. The summed E-state index contributed by atoms with van der Waals surface area (Å²) in [4.78, 5) is 13.8. The molecule has 2 heterocycles. The summed E-state index contributed by atoms with van der Waals surface area (Å²) in [6, 6.07) is 0. The van der Waals surface area contributed by atoms with Crippen LogP contribution in [0.2, 0.25) is 0 Å². The van der Waals surface area contributed by atoms with E-state index in [1.165, 1.54) is 0 Å². The highest BCUT2D eigenvalue weighted by atomic mass is 79.9. The van der Waals surface area contributed by atoms with Crippen molar-refractivity contribution in [3.05, 3.63) is 17.3 Å². The van der Waals surface area contributed by atoms with E-state index in [4.69, 9.17) is 0 Å². The summed E-state index contributed by atoms with van der Waals surface area (Å²) in [7, 11) is 0. The first-order chi connectivity index (χ1) is 4.86. The Kier molecular flexibility index (Phi) is 1.17. The third-order valence-electron chi connectivity index (χ3n) is 1.17. The molecule has 2 aromatic rings. The Morgan fingerprint density at radius 2 is 2.50 bits per heavy atom. The summed E-state index contributed by atoms with van der Waals surface area (Å²) in [5.74, 6) is 0. The molecular weight excluding hydrogens is 196 g/mol. The van der Waals surface area contributed by atoms with Crippen LogP contribution in [0, 0.1) is 0 Å². The van der Waals surface area contributed by atoms with Gasteiger partial charge in [0.05, 0.1) is 0 Å². The highest BCUT2D eigenvalue weighted by Crippen LogP contribution is 2.08. The number of nitrogens with zero attached hydrogens (tertiary/aromatic N) is 2. The van der Waals surface area contributed by atoms with Crippen LogP contribution in [0.15, 0.2) is 17.3 Å². The van der Waals surface area contributed by atoms with Crippen molar-refractivity contribution in [1.29, 1.82) is 0 Å². The molecule has 0 bridgehead atoms. The van der Waals surface area contributed by atoms with Crippen molar-refractivity contribution >= 4 is 27.1 Å². The van der Waals surface area contributed by atoms with Gasteiger partial charge in [-0.25, -0.2) is 4.98 Å². The smallest absolute Gasteiger partial charge is 0.295 e. The van der Waals surface area contributed by atoms with Crippen LogP contribution in [0.4, 0.5) is 0 Å². The van der Waals surface area contributed by atoms with E-state index in [0.717, 1.165) is 5.52 Å². The zero-order valence-electron chi connectivity index (χ0n) is 4.93. The second-order valence-electron chi connectivity index (χ2n) is 1.83. The highest BCUT2D eigenvalue weighted by molar-refractivity contribution is 9.10. The number of rotatable bonds is 0. The fourth-order valence-corrected chi connectivity index (χ4v) is 1.15. The summed E-state index contributed by atoms with van der Waals surface area (Å²) in [5.41, 5.74) is 1.61. The Labute approximate surface area is 64.8 Å². The largest absolute Gasteiger partial charge is 0.326 e. The van der Waals surface area contributed by atoms with Crippen LogP contribution in [-0.2, 0) is 0 Å². The SMILES string of the molecule is Brc1nc2nc[nH+]cc2[nH]1. The van der Waals surface area contributed by atoms with E-state index in [9.17, 15) is 0 Å². The molecule has 0 saturated carbocycles. The standard InChI is InChI=1S/C5H3BrN4/c6-5-9-3-1-7-2-8-4(3)10-5/h1-2H,(H,7,8,9,10)/p+1. The average Bonchev–Trinajstić information content (AvgIpc) is 2.27. The van der Waals surface area contributed by atoms with E-state index >= 15 is 0 Å². The predicted octanol–water partition coefficient (Wildman–Crippen LogP) is 0.534. The van der Waals surface area contributed by atoms with Gasteiger partial charge < -0.3 is 4.98 Å². The molecular formula is C5H4BrN4+. The van der Waals surface area contributed by atoms with Gasteiger partial charge in [-0.1, -0.05) is 0 Å². The lowest BCUT2D eigenvalue weighted by Crippen LogP contribution is -1.99. The summed E-state index contributed by atoms with van der Waals surface area (Å²) < 4.78 is 0.703. The first-order valence-corrected chi connectivity index (χ1v) is 3.53. The summed E-state index contributed by atoms with van der Waals surface area (Å²) in [6.45, 7) is 0. The lowest BCUT2D eigenvalue weighted by Gasteiger charge is -1.72. The minimum Gasteiger partial charge on any atom is -0.326 e. The van der Waals surface area contributed by atoms with Crippen LogP contribution in [0.1, 0.15) is 0 Å². The fourth-order valence-electron chi connectivity index (χ4n) is 0.766. The second-order valence-corrected chi connectivity index (χ2v) is 2.59. The van der Waals surface area contributed by atoms with E-state index in [1.54, 1.807) is 12.5 Å². The van der Waals surface area contributed by atoms with Crippen molar-refractivity contribution in [2.24, 2.45) is 0 Å². The van der Waals surface area contributed by atoms with Crippen LogP contribution in [0.3, 0.4) is 0 Å². The first kappa shape index (κ1) is 5.79. The summed E-state index contributed by atoms with van der Waals surface area (Å²) in [5, 5.41) is 0. The summed E-state index contributed by atoms with van der Waals surface area (Å²) in [6.07, 6.45) is 3.40. The Balaban J connectivity index is 2.88. The normalized spacial score (nSPS) is 10.5. The Bertz CT molecular complexity index is 322. The number of aromatic nitrogens is 4. The molecule has 10 heavy (non-hydrogen) atoms. The number of aromatic amines is 2. The molecule has 2 rings (SSSR count). The molecule has 0 radical (unpaired) electrons. The van der Waals surface area contributed by atoms with Crippen LogP contribution < -0.4 is 4.98 Å². The van der Waals surface area contributed by atoms with E-state index in [-0.39, 0.29) is 0 Å². The monoisotopic (exact) mass is 199 g/mol. The molecule has 0 aliphatic rings. The predicted molar refractivity (Wildman–Crippen MR) is 38.1 cm³/mol. The number of imidazole rings is 1. The molecule has 2 aromatic heterocycles. The van der Waals surface area contributed by atoms with Gasteiger partial charge in [0.2, 0.25) is 0 Å². The van der Waals surface area contributed by atoms with Crippen molar-refractivity contribution in [3.8, 4) is 0 Å². The fraction of sp³-hybridized carbons (Fsp3) is 0. The van der Waals surface area contributed by atoms with Gasteiger partial charge in [0.15, 0.2) is 10.3 Å². The molecule has 0 unspecified atom stereocenters. The number of H-pyrrole nitrogens is 2. The topological polar surface area (TPSA) is 55.7 Å². The molecule has 5 heteroatoms. The van der Waals surface area contributed by atoms with Gasteiger partial charge >= 0.3 is 0 Å². The highest BCUT2D eigenvalue weighted by Gasteiger charge is 2.03.